The summed E-state index contributed by atoms with van der Waals surface area (Å²) in [5, 5.41) is 0. The molecule has 0 saturated heterocycles. The van der Waals surface area contributed by atoms with Crippen LogP contribution in [0.25, 0.3) is 11.2 Å². The zero-order valence-corrected chi connectivity index (χ0v) is 18.0. The summed E-state index contributed by atoms with van der Waals surface area (Å²) in [6.07, 6.45) is 1.50. The summed E-state index contributed by atoms with van der Waals surface area (Å²) in [5.41, 5.74) is 3.95. The number of carbonyl (C=O) groups is 2. The predicted molar refractivity (Wildman–Crippen MR) is 115 cm³/mol. The van der Waals surface area contributed by atoms with E-state index in [1.54, 1.807) is 25.3 Å². The van der Waals surface area contributed by atoms with E-state index in [-0.39, 0.29) is 17.7 Å². The molecule has 2 aromatic heterocycles. The molecule has 10 heteroatoms. The fourth-order valence-corrected chi connectivity index (χ4v) is 3.02. The largest absolute Gasteiger partial charge is 0.333 e. The number of nitrogens with one attached hydrogen (secondary N) is 2. The minimum absolute atomic E-state index is 0.194. The Labute approximate surface area is 178 Å². The van der Waals surface area contributed by atoms with Crippen LogP contribution in [0.4, 0.5) is 0 Å². The molecular formula is C21H26N6O4. The second-order valence-electron chi connectivity index (χ2n) is 8.20. The average Bonchev–Trinajstić information content (AvgIpc) is 3.16. The SMILES string of the molecule is CCn1cnc2c1c(=O)n(CC(=O)NNC(=O)C(C)(C)C)c(=O)n2Cc1ccccc1. The van der Waals surface area contributed by atoms with Crippen LogP contribution in [0.15, 0.2) is 46.2 Å². The van der Waals surface area contributed by atoms with Crippen molar-refractivity contribution in [3.05, 3.63) is 63.1 Å². The molecule has 3 rings (SSSR count). The quantitative estimate of drug-likeness (QED) is 0.580. The number of aryl methyl sites for hydroxylation is 1. The van der Waals surface area contributed by atoms with Gasteiger partial charge in [-0.25, -0.2) is 14.3 Å². The van der Waals surface area contributed by atoms with E-state index in [0.29, 0.717) is 6.54 Å². The second-order valence-corrected chi connectivity index (χ2v) is 8.20. The number of imidazole rings is 1. The van der Waals surface area contributed by atoms with Gasteiger partial charge in [0.05, 0.1) is 12.9 Å². The van der Waals surface area contributed by atoms with Gasteiger partial charge in [0.1, 0.15) is 6.54 Å². The molecule has 31 heavy (non-hydrogen) atoms. The van der Waals surface area contributed by atoms with Gasteiger partial charge < -0.3 is 4.57 Å². The summed E-state index contributed by atoms with van der Waals surface area (Å²) >= 11 is 0. The molecule has 0 unspecified atom stereocenters. The van der Waals surface area contributed by atoms with Gasteiger partial charge in [-0.1, -0.05) is 51.1 Å². The maximum Gasteiger partial charge on any atom is 0.333 e. The van der Waals surface area contributed by atoms with Gasteiger partial charge >= 0.3 is 5.69 Å². The fourth-order valence-electron chi connectivity index (χ4n) is 3.02. The molecule has 0 aliphatic heterocycles. The van der Waals surface area contributed by atoms with Crippen LogP contribution in [0, 0.1) is 5.41 Å². The highest BCUT2D eigenvalue weighted by molar-refractivity contribution is 5.85. The number of rotatable bonds is 5. The lowest BCUT2D eigenvalue weighted by Gasteiger charge is -2.18. The number of hydrazine groups is 1. The normalized spacial score (nSPS) is 11.5. The predicted octanol–water partition coefficient (Wildman–Crippen LogP) is 0.621. The highest BCUT2D eigenvalue weighted by atomic mass is 16.2. The molecule has 0 radical (unpaired) electrons. The monoisotopic (exact) mass is 426 g/mol. The first-order valence-electron chi connectivity index (χ1n) is 9.95. The van der Waals surface area contributed by atoms with Gasteiger partial charge in [-0.3, -0.25) is 29.8 Å². The number of hydrogen-bond acceptors (Lipinski definition) is 5. The van der Waals surface area contributed by atoms with Crippen LogP contribution in [0.3, 0.4) is 0 Å². The van der Waals surface area contributed by atoms with Crippen molar-refractivity contribution in [2.45, 2.75) is 47.3 Å². The van der Waals surface area contributed by atoms with Crippen molar-refractivity contribution >= 4 is 23.0 Å². The molecule has 0 spiro atoms. The van der Waals surface area contributed by atoms with Crippen molar-refractivity contribution in [2.75, 3.05) is 0 Å². The van der Waals surface area contributed by atoms with Crippen molar-refractivity contribution < 1.29 is 9.59 Å². The average molecular weight is 426 g/mol. The first kappa shape index (κ1) is 22.0. The summed E-state index contributed by atoms with van der Waals surface area (Å²) in [6, 6.07) is 9.29. The number of nitrogens with zero attached hydrogens (tertiary/aromatic N) is 4. The molecule has 0 aliphatic carbocycles. The number of aromatic nitrogens is 4. The Bertz CT molecular complexity index is 1230. The van der Waals surface area contributed by atoms with Crippen LogP contribution in [0.2, 0.25) is 0 Å². The van der Waals surface area contributed by atoms with E-state index < -0.39 is 35.0 Å². The molecule has 2 amide bonds. The van der Waals surface area contributed by atoms with Crippen molar-refractivity contribution in [2.24, 2.45) is 5.41 Å². The Morgan fingerprint density at radius 2 is 1.71 bits per heavy atom. The van der Waals surface area contributed by atoms with Crippen molar-refractivity contribution in [3.63, 3.8) is 0 Å². The van der Waals surface area contributed by atoms with E-state index in [1.165, 1.54) is 10.9 Å². The van der Waals surface area contributed by atoms with Gasteiger partial charge in [-0.15, -0.1) is 0 Å². The van der Waals surface area contributed by atoms with Crippen LogP contribution >= 0.6 is 0 Å². The van der Waals surface area contributed by atoms with Gasteiger partial charge in [0.25, 0.3) is 11.5 Å². The summed E-state index contributed by atoms with van der Waals surface area (Å²) in [4.78, 5) is 54.8. The Hall–Kier alpha value is -3.69. The van der Waals surface area contributed by atoms with Gasteiger partial charge in [0.15, 0.2) is 11.2 Å². The number of benzene rings is 1. The van der Waals surface area contributed by atoms with Crippen molar-refractivity contribution in [3.8, 4) is 0 Å². The molecule has 2 N–H and O–H groups in total. The maximum absolute atomic E-state index is 13.1. The van der Waals surface area contributed by atoms with Gasteiger partial charge in [-0.2, -0.15) is 0 Å². The third-order valence-electron chi connectivity index (χ3n) is 4.81. The Morgan fingerprint density at radius 3 is 2.32 bits per heavy atom. The molecule has 164 valence electrons. The Kier molecular flexibility index (Phi) is 6.09. The highest BCUT2D eigenvalue weighted by Gasteiger charge is 2.23. The minimum atomic E-state index is -0.709. The summed E-state index contributed by atoms with van der Waals surface area (Å²) in [6.45, 7) is 7.07. The molecule has 0 bridgehead atoms. The molecule has 3 aromatic rings. The lowest BCUT2D eigenvalue weighted by atomic mass is 9.96. The van der Waals surface area contributed by atoms with E-state index in [2.05, 4.69) is 15.8 Å². The Morgan fingerprint density at radius 1 is 1.03 bits per heavy atom. The lowest BCUT2D eigenvalue weighted by molar-refractivity contribution is -0.133. The molecule has 0 fully saturated rings. The molecule has 1 aromatic carbocycles. The van der Waals surface area contributed by atoms with Crippen LogP contribution in [-0.2, 0) is 29.2 Å². The topological polar surface area (TPSA) is 120 Å². The van der Waals surface area contributed by atoms with E-state index in [4.69, 9.17) is 0 Å². The highest BCUT2D eigenvalue weighted by Crippen LogP contribution is 2.12. The standard InChI is InChI=1S/C21H26N6O4/c1-5-25-13-22-17-16(25)18(29)27(12-15(28)23-24-19(30)21(2,3)4)20(31)26(17)11-14-9-7-6-8-10-14/h6-10,13H,5,11-12H2,1-4H3,(H,23,28)(H,24,30). The van der Waals surface area contributed by atoms with Crippen molar-refractivity contribution in [1.82, 2.24) is 29.5 Å². The van der Waals surface area contributed by atoms with E-state index in [9.17, 15) is 19.2 Å². The lowest BCUT2D eigenvalue weighted by Crippen LogP contribution is -2.50. The zero-order valence-electron chi connectivity index (χ0n) is 18.0. The van der Waals surface area contributed by atoms with E-state index >= 15 is 0 Å². The zero-order chi connectivity index (χ0) is 22.8. The third kappa shape index (κ3) is 4.57. The Balaban J connectivity index is 2.01. The third-order valence-corrected chi connectivity index (χ3v) is 4.81. The summed E-state index contributed by atoms with van der Waals surface area (Å²) in [7, 11) is 0. The number of hydrogen-bond donors (Lipinski definition) is 2. The first-order valence-corrected chi connectivity index (χ1v) is 9.95. The first-order chi connectivity index (χ1) is 14.6. The van der Waals surface area contributed by atoms with Crippen LogP contribution in [0.1, 0.15) is 33.3 Å². The van der Waals surface area contributed by atoms with Crippen LogP contribution in [-0.4, -0.2) is 30.5 Å². The molecular weight excluding hydrogens is 400 g/mol. The van der Waals surface area contributed by atoms with E-state index in [0.717, 1.165) is 10.1 Å². The maximum atomic E-state index is 13.1. The summed E-state index contributed by atoms with van der Waals surface area (Å²) < 4.78 is 3.87. The molecule has 0 saturated carbocycles. The molecule has 2 heterocycles. The van der Waals surface area contributed by atoms with Crippen molar-refractivity contribution in [1.29, 1.82) is 0 Å². The minimum Gasteiger partial charge on any atom is -0.325 e. The number of fused-ring (bicyclic) bond motifs is 1. The number of carbonyl (C=O) groups excluding carboxylic acids is 2. The van der Waals surface area contributed by atoms with Gasteiger partial charge in [-0.05, 0) is 12.5 Å². The smallest absolute Gasteiger partial charge is 0.325 e. The van der Waals surface area contributed by atoms with E-state index in [1.807, 2.05) is 37.3 Å². The number of amides is 2. The van der Waals surface area contributed by atoms with Crippen LogP contribution < -0.4 is 22.1 Å². The summed E-state index contributed by atoms with van der Waals surface area (Å²) in [5.74, 6) is -1.08. The van der Waals surface area contributed by atoms with Crippen LogP contribution in [0.5, 0.6) is 0 Å². The molecule has 0 atom stereocenters. The van der Waals surface area contributed by atoms with Gasteiger partial charge in [0, 0.05) is 12.0 Å². The fraction of sp³-hybridized carbons (Fsp3) is 0.381. The second kappa shape index (κ2) is 8.58. The molecule has 0 aliphatic rings. The molecule has 10 nitrogen and oxygen atoms in total. The van der Waals surface area contributed by atoms with Gasteiger partial charge in [0.2, 0.25) is 5.91 Å².